The van der Waals surface area contributed by atoms with Gasteiger partial charge in [0.1, 0.15) is 10.7 Å². The Bertz CT molecular complexity index is 803. The summed E-state index contributed by atoms with van der Waals surface area (Å²) in [4.78, 5) is 17.7. The first kappa shape index (κ1) is 13.9. The van der Waals surface area contributed by atoms with Gasteiger partial charge in [-0.25, -0.2) is 4.98 Å². The summed E-state index contributed by atoms with van der Waals surface area (Å²) in [5, 5.41) is 4.06. The van der Waals surface area contributed by atoms with E-state index in [2.05, 4.69) is 14.6 Å². The van der Waals surface area contributed by atoms with E-state index in [9.17, 15) is 4.79 Å². The summed E-state index contributed by atoms with van der Waals surface area (Å²) in [7, 11) is 1.94. The van der Waals surface area contributed by atoms with E-state index in [-0.39, 0.29) is 18.1 Å². The number of para-hydroxylation sites is 2. The van der Waals surface area contributed by atoms with Crippen molar-refractivity contribution in [1.29, 1.82) is 0 Å². The predicted octanol–water partition coefficient (Wildman–Crippen LogP) is 2.97. The highest BCUT2D eigenvalue weighted by Gasteiger charge is 2.20. The van der Waals surface area contributed by atoms with Crippen molar-refractivity contribution < 1.29 is 4.79 Å². The number of aromatic nitrogens is 4. The molecule has 0 N–H and O–H groups in total. The van der Waals surface area contributed by atoms with Gasteiger partial charge < -0.3 is 4.57 Å². The van der Waals surface area contributed by atoms with E-state index in [1.54, 1.807) is 0 Å². The second kappa shape index (κ2) is 5.37. The van der Waals surface area contributed by atoms with Crippen LogP contribution in [0.15, 0.2) is 24.3 Å². The molecule has 0 aliphatic rings. The molecule has 5 nitrogen and oxygen atoms in total. The molecule has 0 fully saturated rings. The van der Waals surface area contributed by atoms with Gasteiger partial charge in [-0.3, -0.25) is 4.79 Å². The lowest BCUT2D eigenvalue weighted by molar-refractivity contribution is 0.0992. The molecule has 0 unspecified atom stereocenters. The summed E-state index contributed by atoms with van der Waals surface area (Å²) in [5.41, 5.74) is 2.73. The van der Waals surface area contributed by atoms with E-state index in [4.69, 9.17) is 0 Å². The van der Waals surface area contributed by atoms with Gasteiger partial charge in [0.25, 0.3) is 0 Å². The molecule has 3 aromatic rings. The molecule has 108 valence electrons. The number of carbonyl (C=O) groups excluding carboxylic acids is 1. The van der Waals surface area contributed by atoms with E-state index in [1.807, 2.05) is 49.7 Å². The van der Waals surface area contributed by atoms with Gasteiger partial charge in [-0.15, -0.1) is 5.10 Å². The maximum atomic E-state index is 12.5. The lowest BCUT2D eigenvalue weighted by Crippen LogP contribution is -2.09. The average molecular weight is 300 g/mol. The Kier molecular flexibility index (Phi) is 3.55. The zero-order valence-corrected chi connectivity index (χ0v) is 13.0. The van der Waals surface area contributed by atoms with Crippen LogP contribution in [-0.4, -0.2) is 24.9 Å². The third-order valence-corrected chi connectivity index (χ3v) is 4.29. The van der Waals surface area contributed by atoms with Gasteiger partial charge in [0, 0.05) is 7.05 Å². The minimum atomic E-state index is 0.0344. The number of benzene rings is 1. The standard InChI is InChI=1S/C15H16N4OS/c1-9(2)14-15(21-18-17-14)12(20)8-13-16-10-6-4-5-7-11(10)19(13)3/h4-7,9H,8H2,1-3H3. The lowest BCUT2D eigenvalue weighted by atomic mass is 10.1. The summed E-state index contributed by atoms with van der Waals surface area (Å²) in [5.74, 6) is 1.000. The Labute approximate surface area is 126 Å². The summed E-state index contributed by atoms with van der Waals surface area (Å²) in [6, 6.07) is 7.88. The molecule has 0 saturated carbocycles. The second-order valence-electron chi connectivity index (χ2n) is 5.32. The van der Waals surface area contributed by atoms with Gasteiger partial charge in [0.05, 0.1) is 23.1 Å². The van der Waals surface area contributed by atoms with Crippen molar-refractivity contribution >= 4 is 28.3 Å². The van der Waals surface area contributed by atoms with E-state index in [0.29, 0.717) is 4.88 Å². The molecule has 1 aromatic carbocycles. The Morgan fingerprint density at radius 3 is 2.81 bits per heavy atom. The number of hydrogen-bond acceptors (Lipinski definition) is 5. The van der Waals surface area contributed by atoms with Gasteiger partial charge in [0.2, 0.25) is 0 Å². The first-order valence-corrected chi connectivity index (χ1v) is 7.61. The zero-order chi connectivity index (χ0) is 15.0. The SMILES string of the molecule is CC(C)c1nnsc1C(=O)Cc1nc2ccccc2n1C. The maximum Gasteiger partial charge on any atom is 0.183 e. The fourth-order valence-electron chi connectivity index (χ4n) is 2.35. The number of hydrogen-bond donors (Lipinski definition) is 0. The van der Waals surface area contributed by atoms with Crippen molar-refractivity contribution in [2.24, 2.45) is 7.05 Å². The molecular formula is C15H16N4OS. The van der Waals surface area contributed by atoms with Crippen LogP contribution >= 0.6 is 11.5 Å². The molecule has 0 radical (unpaired) electrons. The number of Topliss-reactive ketones (excluding diaryl/α,β-unsaturated/α-hetero) is 1. The Morgan fingerprint density at radius 1 is 1.33 bits per heavy atom. The number of aryl methyl sites for hydroxylation is 1. The largest absolute Gasteiger partial charge is 0.331 e. The van der Waals surface area contributed by atoms with Crippen molar-refractivity contribution in [1.82, 2.24) is 19.1 Å². The third kappa shape index (κ3) is 2.47. The van der Waals surface area contributed by atoms with Crippen LogP contribution in [0.1, 0.15) is 41.0 Å². The van der Waals surface area contributed by atoms with Gasteiger partial charge in [0.15, 0.2) is 5.78 Å². The van der Waals surface area contributed by atoms with Crippen LogP contribution in [0.5, 0.6) is 0 Å². The normalized spacial score (nSPS) is 11.4. The zero-order valence-electron chi connectivity index (χ0n) is 12.2. The van der Waals surface area contributed by atoms with Gasteiger partial charge in [-0.1, -0.05) is 30.5 Å². The van der Waals surface area contributed by atoms with Crippen LogP contribution in [0.25, 0.3) is 11.0 Å². The van der Waals surface area contributed by atoms with Gasteiger partial charge >= 0.3 is 0 Å². The number of nitrogens with zero attached hydrogens (tertiary/aromatic N) is 4. The quantitative estimate of drug-likeness (QED) is 0.695. The number of imidazole rings is 1. The van der Waals surface area contributed by atoms with E-state index >= 15 is 0 Å². The molecule has 3 rings (SSSR count). The van der Waals surface area contributed by atoms with Crippen molar-refractivity contribution in [3.05, 3.63) is 40.7 Å². The maximum absolute atomic E-state index is 12.5. The van der Waals surface area contributed by atoms with Crippen LogP contribution in [0.2, 0.25) is 0 Å². The number of rotatable bonds is 4. The summed E-state index contributed by atoms with van der Waals surface area (Å²) >= 11 is 1.17. The molecule has 0 spiro atoms. The molecule has 0 atom stereocenters. The van der Waals surface area contributed by atoms with Crippen LogP contribution in [0.3, 0.4) is 0 Å². The van der Waals surface area contributed by atoms with Crippen LogP contribution in [0.4, 0.5) is 0 Å². The first-order valence-electron chi connectivity index (χ1n) is 6.83. The molecule has 0 aliphatic heterocycles. The molecule has 0 aliphatic carbocycles. The van der Waals surface area contributed by atoms with Crippen molar-refractivity contribution in [3.8, 4) is 0 Å². The van der Waals surface area contributed by atoms with Crippen LogP contribution in [-0.2, 0) is 13.5 Å². The number of ketones is 1. The summed E-state index contributed by atoms with van der Waals surface area (Å²) in [6.07, 6.45) is 0.273. The molecule has 6 heteroatoms. The fraction of sp³-hybridized carbons (Fsp3) is 0.333. The fourth-order valence-corrected chi connectivity index (χ4v) is 3.10. The monoisotopic (exact) mass is 300 g/mol. The first-order chi connectivity index (χ1) is 10.1. The third-order valence-electron chi connectivity index (χ3n) is 3.51. The Morgan fingerprint density at radius 2 is 2.10 bits per heavy atom. The average Bonchev–Trinajstić information content (AvgIpc) is 3.05. The molecule has 2 heterocycles. The van der Waals surface area contributed by atoms with E-state index in [0.717, 1.165) is 22.6 Å². The predicted molar refractivity (Wildman–Crippen MR) is 82.7 cm³/mol. The Hall–Kier alpha value is -2.08. The molecule has 0 saturated heterocycles. The van der Waals surface area contributed by atoms with Crippen LogP contribution in [0, 0.1) is 0 Å². The molecular weight excluding hydrogens is 284 g/mol. The lowest BCUT2D eigenvalue weighted by Gasteiger charge is -2.04. The summed E-state index contributed by atoms with van der Waals surface area (Å²) in [6.45, 7) is 4.03. The highest BCUT2D eigenvalue weighted by Crippen LogP contribution is 2.22. The van der Waals surface area contributed by atoms with Gasteiger partial charge in [-0.05, 0) is 29.6 Å². The topological polar surface area (TPSA) is 60.7 Å². The number of fused-ring (bicyclic) bond motifs is 1. The molecule has 2 aromatic heterocycles. The molecule has 21 heavy (non-hydrogen) atoms. The van der Waals surface area contributed by atoms with Crippen molar-refractivity contribution in [2.45, 2.75) is 26.2 Å². The van der Waals surface area contributed by atoms with E-state index in [1.165, 1.54) is 11.5 Å². The summed E-state index contributed by atoms with van der Waals surface area (Å²) < 4.78 is 5.88. The second-order valence-corrected chi connectivity index (χ2v) is 6.07. The highest BCUT2D eigenvalue weighted by molar-refractivity contribution is 7.08. The van der Waals surface area contributed by atoms with Gasteiger partial charge in [-0.2, -0.15) is 0 Å². The Balaban J connectivity index is 1.93. The number of carbonyl (C=O) groups is 1. The molecule has 0 amide bonds. The minimum Gasteiger partial charge on any atom is -0.331 e. The van der Waals surface area contributed by atoms with Crippen molar-refractivity contribution in [3.63, 3.8) is 0 Å². The molecule has 0 bridgehead atoms. The van der Waals surface area contributed by atoms with Crippen molar-refractivity contribution in [2.75, 3.05) is 0 Å². The van der Waals surface area contributed by atoms with Crippen LogP contribution < -0.4 is 0 Å². The smallest absolute Gasteiger partial charge is 0.183 e. The highest BCUT2D eigenvalue weighted by atomic mass is 32.1. The minimum absolute atomic E-state index is 0.0344. The van der Waals surface area contributed by atoms with E-state index < -0.39 is 0 Å².